The lowest BCUT2D eigenvalue weighted by atomic mass is 9.72. The summed E-state index contributed by atoms with van der Waals surface area (Å²) in [5, 5.41) is 9.18. The number of carboxylic acids is 1. The van der Waals surface area contributed by atoms with Crippen molar-refractivity contribution < 1.29 is 19.4 Å². The fraction of sp³-hybridized carbons (Fsp3) is 0.500. The van der Waals surface area contributed by atoms with Crippen LogP contribution in [0.2, 0.25) is 0 Å². The molecule has 1 aliphatic rings. The smallest absolute Gasteiger partial charge is 0.321 e. The molecule has 5 heteroatoms. The number of carboxylic acid groups (broad SMARTS) is 1. The van der Waals surface area contributed by atoms with Crippen molar-refractivity contribution in [1.29, 1.82) is 0 Å². The fourth-order valence-electron chi connectivity index (χ4n) is 2.64. The number of hydrogen-bond donors (Lipinski definition) is 2. The van der Waals surface area contributed by atoms with E-state index in [1.54, 1.807) is 7.11 Å². The van der Waals surface area contributed by atoms with Gasteiger partial charge in [-0.3, -0.25) is 4.79 Å². The number of methoxy groups -OCH3 is 1. The van der Waals surface area contributed by atoms with Crippen LogP contribution in [0.4, 0.5) is 0 Å². The normalized spacial score (nSPS) is 18.5. The van der Waals surface area contributed by atoms with Gasteiger partial charge in [0.25, 0.3) is 0 Å². The van der Waals surface area contributed by atoms with Gasteiger partial charge in [-0.1, -0.05) is 12.1 Å². The Morgan fingerprint density at radius 3 is 2.26 bits per heavy atom. The molecular weight excluding hydrogens is 246 g/mol. The van der Waals surface area contributed by atoms with E-state index in [2.05, 4.69) is 0 Å². The third kappa shape index (κ3) is 2.09. The zero-order chi connectivity index (χ0) is 14.2. The molecule has 0 saturated carbocycles. The summed E-state index contributed by atoms with van der Waals surface area (Å²) < 4.78 is 10.5. The molecule has 0 radical (unpaired) electrons. The summed E-state index contributed by atoms with van der Waals surface area (Å²) in [6, 6.07) is 2.92. The van der Waals surface area contributed by atoms with E-state index in [1.165, 1.54) is 0 Å². The molecule has 19 heavy (non-hydrogen) atoms. The third-order valence-electron chi connectivity index (χ3n) is 3.82. The summed E-state index contributed by atoms with van der Waals surface area (Å²) in [7, 11) is 1.63. The van der Waals surface area contributed by atoms with E-state index >= 15 is 0 Å². The summed E-state index contributed by atoms with van der Waals surface area (Å²) in [5.41, 5.74) is 8.07. The van der Waals surface area contributed by atoms with Crippen LogP contribution in [0.1, 0.15) is 16.7 Å². The van der Waals surface area contributed by atoms with Crippen LogP contribution < -0.4 is 10.5 Å². The topological polar surface area (TPSA) is 81.8 Å². The lowest BCUT2D eigenvalue weighted by molar-refractivity contribution is -0.148. The van der Waals surface area contributed by atoms with Crippen LogP contribution >= 0.6 is 0 Å². The van der Waals surface area contributed by atoms with Crippen LogP contribution in [0, 0.1) is 13.8 Å². The van der Waals surface area contributed by atoms with Gasteiger partial charge in [0.2, 0.25) is 0 Å². The maximum atomic E-state index is 11.2. The zero-order valence-corrected chi connectivity index (χ0v) is 11.4. The standard InChI is InChI=1S/C14H19NO4/c1-8-4-10(5-9(2)11(8)18-3)14(6-19-7-14)12(15)13(16)17/h4-5,12H,6-7,15H2,1-3H3,(H,16,17). The van der Waals surface area contributed by atoms with Crippen molar-refractivity contribution >= 4 is 5.97 Å². The van der Waals surface area contributed by atoms with Gasteiger partial charge in [0, 0.05) is 0 Å². The van der Waals surface area contributed by atoms with Crippen LogP contribution in [-0.4, -0.2) is 37.4 Å². The summed E-state index contributed by atoms with van der Waals surface area (Å²) in [6.45, 7) is 4.56. The number of benzene rings is 1. The second-order valence-electron chi connectivity index (χ2n) is 5.11. The zero-order valence-electron chi connectivity index (χ0n) is 11.4. The minimum absolute atomic E-state index is 0.339. The van der Waals surface area contributed by atoms with Crippen LogP contribution in [0.3, 0.4) is 0 Å². The fourth-order valence-corrected chi connectivity index (χ4v) is 2.64. The van der Waals surface area contributed by atoms with E-state index in [0.29, 0.717) is 13.2 Å². The molecular formula is C14H19NO4. The van der Waals surface area contributed by atoms with Gasteiger partial charge in [-0.2, -0.15) is 0 Å². The Kier molecular flexibility index (Phi) is 3.52. The SMILES string of the molecule is COc1c(C)cc(C2(C(N)C(=O)O)COC2)cc1C. The highest BCUT2D eigenvalue weighted by molar-refractivity contribution is 5.76. The molecule has 1 aromatic carbocycles. The van der Waals surface area contributed by atoms with Gasteiger partial charge in [-0.25, -0.2) is 0 Å². The van der Waals surface area contributed by atoms with Crippen LogP contribution in [0.5, 0.6) is 5.75 Å². The molecule has 0 spiro atoms. The maximum absolute atomic E-state index is 11.2. The van der Waals surface area contributed by atoms with E-state index in [1.807, 2.05) is 26.0 Å². The molecule has 1 fully saturated rings. The Balaban J connectivity index is 2.48. The lowest BCUT2D eigenvalue weighted by Gasteiger charge is -2.44. The molecule has 5 nitrogen and oxygen atoms in total. The molecule has 1 saturated heterocycles. The van der Waals surface area contributed by atoms with Crippen molar-refractivity contribution in [3.05, 3.63) is 28.8 Å². The summed E-state index contributed by atoms with van der Waals surface area (Å²) in [4.78, 5) is 11.2. The average Bonchev–Trinajstić information content (AvgIpc) is 2.26. The third-order valence-corrected chi connectivity index (χ3v) is 3.82. The number of aryl methyl sites for hydroxylation is 2. The summed E-state index contributed by atoms with van der Waals surface area (Å²) >= 11 is 0. The van der Waals surface area contributed by atoms with Crippen molar-refractivity contribution in [2.24, 2.45) is 5.73 Å². The molecule has 0 bridgehead atoms. The number of rotatable bonds is 4. The molecule has 1 unspecified atom stereocenters. The highest BCUT2D eigenvalue weighted by Gasteiger charge is 2.49. The van der Waals surface area contributed by atoms with Gasteiger partial charge < -0.3 is 20.3 Å². The van der Waals surface area contributed by atoms with E-state index in [9.17, 15) is 9.90 Å². The molecule has 0 aliphatic carbocycles. The van der Waals surface area contributed by atoms with Gasteiger partial charge in [-0.05, 0) is 30.5 Å². The second kappa shape index (κ2) is 4.83. The first-order valence-electron chi connectivity index (χ1n) is 6.14. The van der Waals surface area contributed by atoms with E-state index < -0.39 is 17.4 Å². The molecule has 1 aromatic rings. The van der Waals surface area contributed by atoms with E-state index in [4.69, 9.17) is 15.2 Å². The van der Waals surface area contributed by atoms with Gasteiger partial charge in [0.05, 0.1) is 25.7 Å². The first-order chi connectivity index (χ1) is 8.92. The van der Waals surface area contributed by atoms with Gasteiger partial charge in [0.15, 0.2) is 0 Å². The van der Waals surface area contributed by atoms with Gasteiger partial charge >= 0.3 is 5.97 Å². The maximum Gasteiger partial charge on any atom is 0.321 e. The van der Waals surface area contributed by atoms with E-state index in [0.717, 1.165) is 22.4 Å². The largest absolute Gasteiger partial charge is 0.496 e. The molecule has 1 atom stereocenters. The Labute approximate surface area is 112 Å². The van der Waals surface area contributed by atoms with Gasteiger partial charge in [-0.15, -0.1) is 0 Å². The highest BCUT2D eigenvalue weighted by atomic mass is 16.5. The summed E-state index contributed by atoms with van der Waals surface area (Å²) in [5.74, 6) is -0.183. The summed E-state index contributed by atoms with van der Waals surface area (Å²) in [6.07, 6.45) is 0. The Morgan fingerprint density at radius 2 is 1.95 bits per heavy atom. The van der Waals surface area contributed by atoms with Crippen LogP contribution in [0.15, 0.2) is 12.1 Å². The number of hydrogen-bond acceptors (Lipinski definition) is 4. The minimum atomic E-state index is -1.01. The molecule has 1 heterocycles. The van der Waals surface area contributed by atoms with Crippen molar-refractivity contribution in [2.45, 2.75) is 25.3 Å². The highest BCUT2D eigenvalue weighted by Crippen LogP contribution is 2.38. The minimum Gasteiger partial charge on any atom is -0.496 e. The molecule has 1 aliphatic heterocycles. The first kappa shape index (κ1) is 13.8. The van der Waals surface area contributed by atoms with Gasteiger partial charge in [0.1, 0.15) is 11.8 Å². The predicted molar refractivity (Wildman–Crippen MR) is 70.6 cm³/mol. The number of aliphatic carboxylic acids is 1. The first-order valence-corrected chi connectivity index (χ1v) is 6.14. The van der Waals surface area contributed by atoms with Crippen LogP contribution in [-0.2, 0) is 14.9 Å². The Morgan fingerprint density at radius 1 is 1.42 bits per heavy atom. The monoisotopic (exact) mass is 265 g/mol. The number of ether oxygens (including phenoxy) is 2. The van der Waals surface area contributed by atoms with Crippen molar-refractivity contribution in [1.82, 2.24) is 0 Å². The Bertz CT molecular complexity index is 485. The number of nitrogens with two attached hydrogens (primary N) is 1. The van der Waals surface area contributed by atoms with Crippen molar-refractivity contribution in [3.8, 4) is 5.75 Å². The molecule has 0 aromatic heterocycles. The van der Waals surface area contributed by atoms with Crippen molar-refractivity contribution in [2.75, 3.05) is 20.3 Å². The lowest BCUT2D eigenvalue weighted by Crippen LogP contribution is -2.61. The quantitative estimate of drug-likeness (QED) is 0.848. The second-order valence-corrected chi connectivity index (χ2v) is 5.11. The van der Waals surface area contributed by atoms with Crippen LogP contribution in [0.25, 0.3) is 0 Å². The van der Waals surface area contributed by atoms with E-state index in [-0.39, 0.29) is 0 Å². The molecule has 2 rings (SSSR count). The number of carbonyl (C=O) groups is 1. The molecule has 0 amide bonds. The predicted octanol–water partition coefficient (Wildman–Crippen LogP) is 0.992. The molecule has 104 valence electrons. The molecule has 3 N–H and O–H groups in total. The van der Waals surface area contributed by atoms with Crippen molar-refractivity contribution in [3.63, 3.8) is 0 Å². The average molecular weight is 265 g/mol. The Hall–Kier alpha value is -1.59.